The van der Waals surface area contributed by atoms with Crippen molar-refractivity contribution >= 4 is 11.6 Å². The summed E-state index contributed by atoms with van der Waals surface area (Å²) in [6, 6.07) is 16.8. The first-order valence-corrected chi connectivity index (χ1v) is 8.80. The molecule has 0 atom stereocenters. The lowest BCUT2D eigenvalue weighted by Crippen LogP contribution is -2.49. The number of carbonyl (C=O) groups is 1. The maximum absolute atomic E-state index is 12.2. The number of hydrogen-bond donors (Lipinski definition) is 1. The number of nitrogens with zero attached hydrogens (tertiary/aromatic N) is 2. The Bertz CT molecular complexity index is 700. The lowest BCUT2D eigenvalue weighted by molar-refractivity contribution is -0.136. The molecule has 3 rings (SSSR count). The van der Waals surface area contributed by atoms with Gasteiger partial charge < -0.3 is 24.4 Å². The van der Waals surface area contributed by atoms with Gasteiger partial charge in [0.15, 0.2) is 0 Å². The van der Waals surface area contributed by atoms with Gasteiger partial charge in [-0.25, -0.2) is 0 Å². The number of hydrogen-bond acceptors (Lipinski definition) is 5. The summed E-state index contributed by atoms with van der Waals surface area (Å²) in [5, 5.41) is 9.93. The summed E-state index contributed by atoms with van der Waals surface area (Å²) >= 11 is 0. The summed E-state index contributed by atoms with van der Waals surface area (Å²) in [4.78, 5) is 16.1. The Hall–Kier alpha value is -2.73. The van der Waals surface area contributed by atoms with Crippen molar-refractivity contribution in [3.8, 4) is 11.5 Å². The predicted octanol–water partition coefficient (Wildman–Crippen LogP) is 2.14. The molecule has 6 heteroatoms. The third kappa shape index (κ3) is 4.89. The first-order valence-electron chi connectivity index (χ1n) is 8.80. The van der Waals surface area contributed by atoms with E-state index in [1.54, 1.807) is 17.0 Å². The van der Waals surface area contributed by atoms with Crippen molar-refractivity contribution in [2.24, 2.45) is 0 Å². The molecule has 1 aliphatic rings. The van der Waals surface area contributed by atoms with Crippen LogP contribution in [0.3, 0.4) is 0 Å². The molecule has 1 fully saturated rings. The van der Waals surface area contributed by atoms with Crippen LogP contribution < -0.4 is 9.64 Å². The average Bonchev–Trinajstić information content (AvgIpc) is 2.69. The molecule has 1 heterocycles. The molecule has 1 aliphatic heterocycles. The maximum atomic E-state index is 12.2. The van der Waals surface area contributed by atoms with Crippen molar-refractivity contribution in [2.45, 2.75) is 0 Å². The summed E-state index contributed by atoms with van der Waals surface area (Å²) in [6.45, 7) is 3.49. The van der Waals surface area contributed by atoms with E-state index >= 15 is 0 Å². The molecule has 1 amide bonds. The Morgan fingerprint density at radius 1 is 0.923 bits per heavy atom. The van der Waals surface area contributed by atoms with Gasteiger partial charge in [0.2, 0.25) is 5.91 Å². The minimum absolute atomic E-state index is 0.0124. The van der Waals surface area contributed by atoms with Gasteiger partial charge in [0.25, 0.3) is 0 Å². The van der Waals surface area contributed by atoms with Crippen molar-refractivity contribution in [1.29, 1.82) is 0 Å². The summed E-state index contributed by atoms with van der Waals surface area (Å²) in [7, 11) is 0. The van der Waals surface area contributed by atoms with E-state index in [9.17, 15) is 9.90 Å². The number of phenols is 1. The third-order valence-electron chi connectivity index (χ3n) is 4.32. The highest BCUT2D eigenvalue weighted by Gasteiger charge is 2.22. The van der Waals surface area contributed by atoms with Crippen molar-refractivity contribution in [1.82, 2.24) is 4.90 Å². The van der Waals surface area contributed by atoms with Gasteiger partial charge in [0.05, 0.1) is 12.3 Å². The summed E-state index contributed by atoms with van der Waals surface area (Å²) in [5.74, 6) is 1.05. The maximum Gasteiger partial charge on any atom is 0.248 e. The smallest absolute Gasteiger partial charge is 0.248 e. The molecule has 0 bridgehead atoms. The number of ether oxygens (including phenoxy) is 2. The number of anilines is 1. The van der Waals surface area contributed by atoms with Crippen LogP contribution in [0.2, 0.25) is 0 Å². The Labute approximate surface area is 153 Å². The minimum atomic E-state index is -0.0124. The zero-order valence-corrected chi connectivity index (χ0v) is 14.7. The van der Waals surface area contributed by atoms with Gasteiger partial charge in [0, 0.05) is 26.2 Å². The molecule has 0 aliphatic carbocycles. The second-order valence-corrected chi connectivity index (χ2v) is 6.07. The van der Waals surface area contributed by atoms with Crippen LogP contribution in [0.5, 0.6) is 11.5 Å². The molecule has 0 unspecified atom stereocenters. The van der Waals surface area contributed by atoms with E-state index in [1.165, 1.54) is 0 Å². The number of benzene rings is 2. The van der Waals surface area contributed by atoms with E-state index in [0.29, 0.717) is 39.4 Å². The molecular weight excluding hydrogens is 332 g/mol. The van der Waals surface area contributed by atoms with Crippen LogP contribution in [0.25, 0.3) is 0 Å². The quantitative estimate of drug-likeness (QED) is 0.770. The van der Waals surface area contributed by atoms with Gasteiger partial charge in [-0.3, -0.25) is 4.79 Å². The van der Waals surface area contributed by atoms with E-state index in [2.05, 4.69) is 4.90 Å². The normalized spacial score (nSPS) is 14.3. The van der Waals surface area contributed by atoms with Gasteiger partial charge in [-0.1, -0.05) is 30.3 Å². The second-order valence-electron chi connectivity index (χ2n) is 6.07. The van der Waals surface area contributed by atoms with Gasteiger partial charge in [-0.05, 0) is 24.3 Å². The number of amides is 1. The Kier molecular flexibility index (Phi) is 6.33. The van der Waals surface area contributed by atoms with Crippen LogP contribution in [-0.2, 0) is 9.53 Å². The molecular formula is C20H24N2O4. The fourth-order valence-electron chi connectivity index (χ4n) is 2.91. The molecule has 6 nitrogen and oxygen atoms in total. The number of aromatic hydroxyl groups is 1. The van der Waals surface area contributed by atoms with Crippen LogP contribution in [0.4, 0.5) is 5.69 Å². The largest absolute Gasteiger partial charge is 0.506 e. The predicted molar refractivity (Wildman–Crippen MR) is 99.7 cm³/mol. The zero-order valence-electron chi connectivity index (χ0n) is 14.7. The van der Waals surface area contributed by atoms with Crippen LogP contribution >= 0.6 is 0 Å². The van der Waals surface area contributed by atoms with Crippen molar-refractivity contribution < 1.29 is 19.4 Å². The van der Waals surface area contributed by atoms with Gasteiger partial charge in [0.1, 0.15) is 24.7 Å². The van der Waals surface area contributed by atoms with Crippen molar-refractivity contribution in [2.75, 3.05) is 50.9 Å². The van der Waals surface area contributed by atoms with Crippen molar-refractivity contribution in [3.63, 3.8) is 0 Å². The van der Waals surface area contributed by atoms with Crippen LogP contribution in [0.1, 0.15) is 0 Å². The fraction of sp³-hybridized carbons (Fsp3) is 0.350. The van der Waals surface area contributed by atoms with E-state index in [0.717, 1.165) is 11.4 Å². The summed E-state index contributed by atoms with van der Waals surface area (Å²) < 4.78 is 11.0. The SMILES string of the molecule is O=C(COCCOc1ccccc1)N1CCN(c2ccccc2O)CC1. The Balaban J connectivity index is 1.34. The highest BCUT2D eigenvalue weighted by molar-refractivity contribution is 5.77. The highest BCUT2D eigenvalue weighted by atomic mass is 16.5. The molecule has 0 radical (unpaired) electrons. The van der Waals surface area contributed by atoms with Crippen LogP contribution in [-0.4, -0.2) is 61.9 Å². The molecule has 2 aromatic rings. The fourth-order valence-corrected chi connectivity index (χ4v) is 2.91. The second kappa shape index (κ2) is 9.10. The molecule has 0 saturated carbocycles. The number of piperazine rings is 1. The summed E-state index contributed by atoms with van der Waals surface area (Å²) in [5.41, 5.74) is 0.814. The molecule has 0 spiro atoms. The standard InChI is InChI=1S/C20H24N2O4/c23-19-9-5-4-8-18(19)21-10-12-22(13-11-21)20(24)16-25-14-15-26-17-6-2-1-3-7-17/h1-9,23H,10-16H2. The van der Waals surface area contributed by atoms with Gasteiger partial charge >= 0.3 is 0 Å². The monoisotopic (exact) mass is 356 g/mol. The molecule has 138 valence electrons. The lowest BCUT2D eigenvalue weighted by Gasteiger charge is -2.36. The number of phenolic OH excluding ortho intramolecular Hbond substituents is 1. The molecule has 1 saturated heterocycles. The Morgan fingerprint density at radius 2 is 1.62 bits per heavy atom. The topological polar surface area (TPSA) is 62.2 Å². The molecule has 26 heavy (non-hydrogen) atoms. The zero-order chi connectivity index (χ0) is 18.2. The molecule has 1 N–H and O–H groups in total. The molecule has 2 aromatic carbocycles. The van der Waals surface area contributed by atoms with Crippen molar-refractivity contribution in [3.05, 3.63) is 54.6 Å². The van der Waals surface area contributed by atoms with E-state index in [-0.39, 0.29) is 18.3 Å². The van der Waals surface area contributed by atoms with E-state index in [4.69, 9.17) is 9.47 Å². The summed E-state index contributed by atoms with van der Waals surface area (Å²) in [6.07, 6.45) is 0. The first kappa shape index (κ1) is 18.1. The Morgan fingerprint density at radius 3 is 2.35 bits per heavy atom. The lowest BCUT2D eigenvalue weighted by atomic mass is 10.2. The number of rotatable bonds is 7. The van der Waals surface area contributed by atoms with Crippen LogP contribution in [0, 0.1) is 0 Å². The van der Waals surface area contributed by atoms with E-state index in [1.807, 2.05) is 42.5 Å². The number of para-hydroxylation sites is 3. The highest BCUT2D eigenvalue weighted by Crippen LogP contribution is 2.27. The van der Waals surface area contributed by atoms with Gasteiger partial charge in [-0.15, -0.1) is 0 Å². The van der Waals surface area contributed by atoms with Crippen LogP contribution in [0.15, 0.2) is 54.6 Å². The third-order valence-corrected chi connectivity index (χ3v) is 4.32. The average molecular weight is 356 g/mol. The van der Waals surface area contributed by atoms with Gasteiger partial charge in [-0.2, -0.15) is 0 Å². The minimum Gasteiger partial charge on any atom is -0.506 e. The number of carbonyl (C=O) groups excluding carboxylic acids is 1. The first-order chi connectivity index (χ1) is 12.7. The van der Waals surface area contributed by atoms with E-state index < -0.39 is 0 Å². The molecule has 0 aromatic heterocycles.